The lowest BCUT2D eigenvalue weighted by molar-refractivity contribution is 0.483. The van der Waals surface area contributed by atoms with E-state index in [4.69, 9.17) is 9.72 Å². The highest BCUT2D eigenvalue weighted by molar-refractivity contribution is 6.09. The van der Waals surface area contributed by atoms with Crippen LogP contribution in [-0.2, 0) is 5.41 Å². The Morgan fingerprint density at radius 3 is 1.95 bits per heavy atom. The molecule has 3 heterocycles. The summed E-state index contributed by atoms with van der Waals surface area (Å²) in [7, 11) is 0. The summed E-state index contributed by atoms with van der Waals surface area (Å²) < 4.78 is 40.7. The monoisotopic (exact) mass is 824 g/mol. The smallest absolute Gasteiger partial charge is 0.149 e. The quantitative estimate of drug-likeness (QED) is 0.145. The lowest BCUT2D eigenvalue weighted by Crippen LogP contribution is -2.25. The largest absolute Gasteiger partial charge is 0.457 e. The first kappa shape index (κ1) is 40.9. The molecule has 6 aromatic carbocycles. The zero-order valence-corrected chi connectivity index (χ0v) is 37.1. The van der Waals surface area contributed by atoms with Gasteiger partial charge in [-0.2, -0.15) is 0 Å². The number of para-hydroxylation sites is 2. The van der Waals surface area contributed by atoms with Crippen LogP contribution >= 0.6 is 0 Å². The summed E-state index contributed by atoms with van der Waals surface area (Å²) in [6.45, 7) is 20.2. The third-order valence-corrected chi connectivity index (χ3v) is 12.3. The van der Waals surface area contributed by atoms with E-state index < -0.39 is 11.6 Å². The van der Waals surface area contributed by atoms with Crippen molar-refractivity contribution in [2.75, 3.05) is 16.5 Å². The molecule has 0 radical (unpaired) electrons. The normalized spacial score (nSPS) is 13.1. The Kier molecular flexibility index (Phi) is 10.4. The van der Waals surface area contributed by atoms with Crippen molar-refractivity contribution in [1.29, 1.82) is 0 Å². The Balaban J connectivity index is 1.26. The van der Waals surface area contributed by atoms with E-state index in [2.05, 4.69) is 157 Å². The molecule has 62 heavy (non-hydrogen) atoms. The fourth-order valence-electron chi connectivity index (χ4n) is 9.00. The number of hydrogen-bond donors (Lipinski definition) is 0. The number of hydrogen-bond acceptors (Lipinski definition) is 4. The van der Waals surface area contributed by atoms with Crippen LogP contribution in [0, 0.1) is 11.6 Å². The summed E-state index contributed by atoms with van der Waals surface area (Å²) in [6, 6.07) is 42.1. The Labute approximate surface area is 364 Å². The van der Waals surface area contributed by atoms with E-state index in [-0.39, 0.29) is 29.6 Å². The second-order valence-corrected chi connectivity index (χ2v) is 18.6. The maximum Gasteiger partial charge on any atom is 0.149 e. The molecule has 5 nitrogen and oxygen atoms in total. The van der Waals surface area contributed by atoms with E-state index in [1.54, 1.807) is 4.90 Å². The minimum Gasteiger partial charge on any atom is -0.457 e. The number of aromatic nitrogens is 2. The summed E-state index contributed by atoms with van der Waals surface area (Å²) >= 11 is 0. The lowest BCUT2D eigenvalue weighted by atomic mass is 9.81. The van der Waals surface area contributed by atoms with Crippen molar-refractivity contribution in [1.82, 2.24) is 9.55 Å². The first-order chi connectivity index (χ1) is 29.7. The topological polar surface area (TPSA) is 33.5 Å². The Morgan fingerprint density at radius 1 is 0.597 bits per heavy atom. The molecule has 2 aromatic heterocycles. The molecule has 0 amide bonds. The van der Waals surface area contributed by atoms with Gasteiger partial charge in [0.25, 0.3) is 0 Å². The molecule has 0 saturated carbocycles. The molecule has 1 aliphatic heterocycles. The van der Waals surface area contributed by atoms with Gasteiger partial charge in [0.1, 0.15) is 41.3 Å². The van der Waals surface area contributed by atoms with Gasteiger partial charge in [-0.3, -0.25) is 4.57 Å². The molecule has 314 valence electrons. The van der Waals surface area contributed by atoms with Gasteiger partial charge in [-0.05, 0) is 123 Å². The fourth-order valence-corrected chi connectivity index (χ4v) is 9.00. The first-order valence-corrected chi connectivity index (χ1v) is 21.8. The minimum atomic E-state index is -0.608. The summed E-state index contributed by atoms with van der Waals surface area (Å²) in [5.74, 6) is 1.79. The van der Waals surface area contributed by atoms with Crippen LogP contribution in [0.4, 0.5) is 31.5 Å². The summed E-state index contributed by atoms with van der Waals surface area (Å²) in [6.07, 6.45) is 1.82. The summed E-state index contributed by atoms with van der Waals surface area (Å²) in [5.41, 5.74) is 11.4. The average molecular weight is 825 g/mol. The van der Waals surface area contributed by atoms with Gasteiger partial charge in [0.05, 0.1) is 22.4 Å². The highest BCUT2D eigenvalue weighted by atomic mass is 19.1. The lowest BCUT2D eigenvalue weighted by Gasteiger charge is -2.26. The van der Waals surface area contributed by atoms with Crippen molar-refractivity contribution < 1.29 is 13.5 Å². The minimum absolute atomic E-state index is 0.0694. The van der Waals surface area contributed by atoms with E-state index in [9.17, 15) is 0 Å². The van der Waals surface area contributed by atoms with Crippen molar-refractivity contribution >= 4 is 44.6 Å². The third kappa shape index (κ3) is 7.27. The van der Waals surface area contributed by atoms with Crippen LogP contribution < -0.4 is 14.5 Å². The standard InChI is InChI=1S/C55H54F2N4O/c1-33(2)36-27-44(34(3)4)53(45(28-36)35(5)6)37-25-39(59-32-60(54-46(56)16-14-17-47(54)57)51-29-38(55(7,8)9)20-23-49(51)59)30-41(26-37)62-40-21-22-43-42-15-10-11-18-48(42)61(50(43)31-40)52-19-12-13-24-58-52/h10-31,33-35H,32H2,1-9H3. The van der Waals surface area contributed by atoms with Gasteiger partial charge >= 0.3 is 0 Å². The molecule has 8 aromatic rings. The van der Waals surface area contributed by atoms with Crippen molar-refractivity contribution in [2.24, 2.45) is 0 Å². The Hall–Kier alpha value is -6.47. The van der Waals surface area contributed by atoms with Crippen molar-refractivity contribution in [3.8, 4) is 28.4 Å². The van der Waals surface area contributed by atoms with Crippen molar-refractivity contribution in [3.63, 3.8) is 0 Å². The van der Waals surface area contributed by atoms with Crippen molar-refractivity contribution in [3.05, 3.63) is 167 Å². The average Bonchev–Trinajstić information content (AvgIpc) is 3.78. The molecule has 0 aliphatic carbocycles. The zero-order valence-electron chi connectivity index (χ0n) is 37.1. The number of anilines is 4. The van der Waals surface area contributed by atoms with Crippen LogP contribution in [0.5, 0.6) is 11.5 Å². The second kappa shape index (κ2) is 15.8. The van der Waals surface area contributed by atoms with Gasteiger partial charge in [0.15, 0.2) is 0 Å². The highest BCUT2D eigenvalue weighted by Crippen LogP contribution is 2.50. The Morgan fingerprint density at radius 2 is 1.29 bits per heavy atom. The number of pyridine rings is 1. The highest BCUT2D eigenvalue weighted by Gasteiger charge is 2.34. The van der Waals surface area contributed by atoms with Gasteiger partial charge in [0, 0.05) is 34.8 Å². The van der Waals surface area contributed by atoms with Gasteiger partial charge in [-0.1, -0.05) is 111 Å². The van der Waals surface area contributed by atoms with Crippen LogP contribution in [0.15, 0.2) is 134 Å². The number of nitrogens with zero attached hydrogens (tertiary/aromatic N) is 4. The zero-order chi connectivity index (χ0) is 43.6. The van der Waals surface area contributed by atoms with E-state index >= 15 is 8.78 Å². The number of fused-ring (bicyclic) bond motifs is 4. The number of rotatable bonds is 9. The van der Waals surface area contributed by atoms with Gasteiger partial charge in [-0.25, -0.2) is 13.8 Å². The van der Waals surface area contributed by atoms with Gasteiger partial charge < -0.3 is 14.5 Å². The maximum atomic E-state index is 15.8. The Bertz CT molecular complexity index is 2930. The van der Waals surface area contributed by atoms with Gasteiger partial charge in [0.2, 0.25) is 0 Å². The maximum absolute atomic E-state index is 15.8. The van der Waals surface area contributed by atoms with Crippen LogP contribution in [-0.4, -0.2) is 16.2 Å². The summed E-state index contributed by atoms with van der Waals surface area (Å²) in [4.78, 5) is 8.66. The molecule has 1 aliphatic rings. The summed E-state index contributed by atoms with van der Waals surface area (Å²) in [5, 5.41) is 2.24. The molecule has 0 fully saturated rings. The van der Waals surface area contributed by atoms with Crippen LogP contribution in [0.3, 0.4) is 0 Å². The molecule has 0 spiro atoms. The molecule has 0 unspecified atom stereocenters. The van der Waals surface area contributed by atoms with E-state index in [0.29, 0.717) is 17.4 Å². The predicted octanol–water partition coefficient (Wildman–Crippen LogP) is 15.8. The predicted molar refractivity (Wildman–Crippen MR) is 253 cm³/mol. The fraction of sp³-hybridized carbons (Fsp3) is 0.255. The molecular formula is C55H54F2N4O. The first-order valence-electron chi connectivity index (χ1n) is 21.8. The molecule has 9 rings (SSSR count). The number of ether oxygens (including phenoxy) is 1. The van der Waals surface area contributed by atoms with E-state index in [1.165, 1.54) is 40.5 Å². The van der Waals surface area contributed by atoms with Crippen molar-refractivity contribution in [2.45, 2.75) is 85.5 Å². The number of halogens is 2. The molecule has 7 heteroatoms. The van der Waals surface area contributed by atoms with Gasteiger partial charge in [-0.15, -0.1) is 0 Å². The van der Waals surface area contributed by atoms with Crippen LogP contribution in [0.1, 0.15) is 102 Å². The van der Waals surface area contributed by atoms with E-state index in [0.717, 1.165) is 55.8 Å². The molecule has 0 N–H and O–H groups in total. The SMILES string of the molecule is CC(C)c1cc(C(C)C)c(-c2cc(Oc3ccc4c5ccccc5n(-c5ccccn5)c4c3)cc(N3CN(c4c(F)cccc4F)c4cc(C(C)(C)C)ccc43)c2)c(C(C)C)c1. The molecule has 0 atom stereocenters. The van der Waals surface area contributed by atoms with E-state index in [1.807, 2.05) is 30.5 Å². The molecule has 0 bridgehead atoms. The van der Waals surface area contributed by atoms with Crippen LogP contribution in [0.25, 0.3) is 38.8 Å². The second-order valence-electron chi connectivity index (χ2n) is 18.6. The molecular weight excluding hydrogens is 771 g/mol. The van der Waals surface area contributed by atoms with Crippen LogP contribution in [0.2, 0.25) is 0 Å². The number of benzene rings is 6. The third-order valence-electron chi connectivity index (χ3n) is 12.3. The molecule has 0 saturated heterocycles.